The molecule has 0 aliphatic heterocycles. The summed E-state index contributed by atoms with van der Waals surface area (Å²) in [7, 11) is 2.59. The fourth-order valence-corrected chi connectivity index (χ4v) is 9.52. The van der Waals surface area contributed by atoms with Crippen LogP contribution in [0.15, 0.2) is 42.5 Å². The number of ether oxygens (including phenoxy) is 1. The number of unbranched alkanes of at least 4 members (excludes halogenated alkanes) is 7. The van der Waals surface area contributed by atoms with Crippen LogP contribution < -0.4 is 0 Å². The molecule has 5 nitrogen and oxygen atoms in total. The summed E-state index contributed by atoms with van der Waals surface area (Å²) in [4.78, 5) is 12.5. The van der Waals surface area contributed by atoms with Gasteiger partial charge in [-0.15, -0.1) is 22.7 Å². The number of esters is 1. The van der Waals surface area contributed by atoms with E-state index in [-0.39, 0.29) is 12.1 Å². The van der Waals surface area contributed by atoms with Gasteiger partial charge in [-0.25, -0.2) is 0 Å². The van der Waals surface area contributed by atoms with E-state index in [1.807, 2.05) is 29.6 Å². The van der Waals surface area contributed by atoms with Crippen molar-refractivity contribution in [1.29, 1.82) is 0 Å². The lowest BCUT2D eigenvalue weighted by atomic mass is 10.1. The van der Waals surface area contributed by atoms with Crippen LogP contribution in [0.5, 0.6) is 0 Å². The number of carbonyl (C=O) groups is 1. The van der Waals surface area contributed by atoms with Crippen molar-refractivity contribution in [1.82, 2.24) is 0 Å². The molecule has 2 heterocycles. The maximum absolute atomic E-state index is 12.5. The molecule has 0 aliphatic rings. The molecule has 0 N–H and O–H groups in total. The number of rotatable bonds is 16. The Morgan fingerprint density at radius 1 is 0.763 bits per heavy atom. The molecule has 1 atom stereocenters. The van der Waals surface area contributed by atoms with Crippen LogP contribution in [0.4, 0.5) is 0 Å². The number of hydrogen-bond acceptors (Lipinski definition) is 7. The molecule has 0 aliphatic carbocycles. The van der Waals surface area contributed by atoms with Crippen LogP contribution in [0.1, 0.15) is 76.4 Å². The molecule has 0 saturated heterocycles. The Labute approximate surface area is 235 Å². The van der Waals surface area contributed by atoms with Gasteiger partial charge in [-0.1, -0.05) is 68.9 Å². The third-order valence-electron chi connectivity index (χ3n) is 7.34. The average molecular weight is 573 g/mol. The molecular weight excluding hydrogens is 533 g/mol. The molecule has 2 aromatic heterocycles. The number of benzene rings is 2. The maximum atomic E-state index is 12.5. The highest BCUT2D eigenvalue weighted by atomic mass is 32.1. The van der Waals surface area contributed by atoms with Gasteiger partial charge in [-0.05, 0) is 37.5 Å². The van der Waals surface area contributed by atoms with Crippen molar-refractivity contribution in [3.05, 3.63) is 48.0 Å². The van der Waals surface area contributed by atoms with E-state index in [0.29, 0.717) is 6.42 Å². The largest absolute Gasteiger partial charge is 0.500 e. The predicted molar refractivity (Wildman–Crippen MR) is 162 cm³/mol. The van der Waals surface area contributed by atoms with Gasteiger partial charge in [0.25, 0.3) is 0 Å². The summed E-state index contributed by atoms with van der Waals surface area (Å²) in [6.45, 7) is 1.98. The fraction of sp³-hybridized carbons (Fsp3) is 0.500. The second kappa shape index (κ2) is 14.0. The summed E-state index contributed by atoms with van der Waals surface area (Å²) < 4.78 is 27.5. The van der Waals surface area contributed by atoms with Gasteiger partial charge in [0.15, 0.2) is 0 Å². The van der Waals surface area contributed by atoms with Crippen molar-refractivity contribution in [2.24, 2.45) is 0 Å². The lowest BCUT2D eigenvalue weighted by Gasteiger charge is -2.24. The summed E-state index contributed by atoms with van der Waals surface area (Å²) in [5, 5.41) is 2.63. The van der Waals surface area contributed by atoms with Crippen LogP contribution in [0, 0.1) is 0 Å². The minimum absolute atomic E-state index is 0.0992. The zero-order valence-electron chi connectivity index (χ0n) is 23.0. The van der Waals surface area contributed by atoms with E-state index < -0.39 is 8.80 Å². The quantitative estimate of drug-likeness (QED) is 0.0761. The third-order valence-corrected chi connectivity index (χ3v) is 12.7. The highest BCUT2D eigenvalue weighted by molar-refractivity contribution is 7.36. The first-order chi connectivity index (χ1) is 18.5. The monoisotopic (exact) mass is 572 g/mol. The van der Waals surface area contributed by atoms with Gasteiger partial charge in [0.1, 0.15) is 6.10 Å². The third kappa shape index (κ3) is 7.03. The Kier molecular flexibility index (Phi) is 10.8. The van der Waals surface area contributed by atoms with Crippen LogP contribution >= 0.6 is 22.7 Å². The molecule has 0 radical (unpaired) electrons. The first-order valence-electron chi connectivity index (χ1n) is 13.7. The Balaban J connectivity index is 1.13. The number of thiophene rings is 2. The van der Waals surface area contributed by atoms with Crippen LogP contribution in [-0.4, -0.2) is 36.1 Å². The number of carbonyl (C=O) groups excluding carboxylic acids is 1. The Bertz CT molecular complexity index is 1320. The highest BCUT2D eigenvalue weighted by Gasteiger charge is 2.36. The van der Waals surface area contributed by atoms with Gasteiger partial charge in [-0.3, -0.25) is 4.79 Å². The first-order valence-corrected chi connectivity index (χ1v) is 17.3. The van der Waals surface area contributed by atoms with Crippen LogP contribution in [0.25, 0.3) is 29.6 Å². The standard InChI is InChI=1S/C30H40O5S2Si/c1-22(23-18-19-25-27(21-23)37-29-24-15-12-13-16-26(24)36-30(25)29)35-28(31)17-11-9-7-5-6-8-10-14-20-38(32-2,33-3)34-4/h12-13,15-16,18-19,21-22H,5-11,14,17,20H2,1-4H3. The van der Waals surface area contributed by atoms with Gasteiger partial charge in [0, 0.05) is 54.0 Å². The van der Waals surface area contributed by atoms with Gasteiger partial charge in [0.2, 0.25) is 0 Å². The highest BCUT2D eigenvalue weighted by Crippen LogP contribution is 2.44. The average Bonchev–Trinajstić information content (AvgIpc) is 3.48. The summed E-state index contributed by atoms with van der Waals surface area (Å²) >= 11 is 3.69. The number of hydrogen-bond donors (Lipinski definition) is 0. The molecular formula is C30H40O5S2Si. The second-order valence-corrected chi connectivity index (χ2v) is 15.1. The fourth-order valence-electron chi connectivity index (χ4n) is 5.03. The molecule has 0 amide bonds. The molecule has 0 spiro atoms. The molecule has 2 aromatic carbocycles. The van der Waals surface area contributed by atoms with E-state index >= 15 is 0 Å². The predicted octanol–water partition coefficient (Wildman–Crippen LogP) is 9.26. The zero-order valence-corrected chi connectivity index (χ0v) is 25.7. The summed E-state index contributed by atoms with van der Waals surface area (Å²) in [6.07, 6.45) is 9.26. The minimum Gasteiger partial charge on any atom is -0.458 e. The van der Waals surface area contributed by atoms with Crippen molar-refractivity contribution in [2.75, 3.05) is 21.3 Å². The Hall–Kier alpha value is -1.81. The van der Waals surface area contributed by atoms with Crippen molar-refractivity contribution in [3.63, 3.8) is 0 Å². The van der Waals surface area contributed by atoms with Gasteiger partial charge < -0.3 is 18.0 Å². The normalized spacial score (nSPS) is 13.1. The SMILES string of the molecule is CO[Si](CCCCCCCCCCC(=O)OC(C)c1ccc2c(c1)sc1c3ccccc3sc21)(OC)OC. The van der Waals surface area contributed by atoms with Crippen molar-refractivity contribution < 1.29 is 22.8 Å². The molecule has 8 heteroatoms. The zero-order chi connectivity index (χ0) is 27.0. The molecule has 4 aromatic rings. The second-order valence-electron chi connectivity index (χ2n) is 9.87. The van der Waals surface area contributed by atoms with Gasteiger partial charge >= 0.3 is 14.8 Å². The molecule has 38 heavy (non-hydrogen) atoms. The topological polar surface area (TPSA) is 54.0 Å². The van der Waals surface area contributed by atoms with Crippen LogP contribution in [-0.2, 0) is 22.8 Å². The van der Waals surface area contributed by atoms with Crippen molar-refractivity contribution >= 4 is 67.0 Å². The van der Waals surface area contributed by atoms with Crippen LogP contribution in [0.3, 0.4) is 0 Å². The van der Waals surface area contributed by atoms with E-state index in [0.717, 1.165) is 37.3 Å². The minimum atomic E-state index is -2.42. The van der Waals surface area contributed by atoms with Gasteiger partial charge in [0.05, 0.1) is 9.40 Å². The molecule has 4 rings (SSSR count). The number of fused-ring (bicyclic) bond motifs is 5. The van der Waals surface area contributed by atoms with E-state index in [9.17, 15) is 4.79 Å². The van der Waals surface area contributed by atoms with E-state index in [1.54, 1.807) is 21.3 Å². The van der Waals surface area contributed by atoms with E-state index in [2.05, 4.69) is 42.5 Å². The lowest BCUT2D eigenvalue weighted by molar-refractivity contribution is -0.148. The smallest absolute Gasteiger partial charge is 0.458 e. The van der Waals surface area contributed by atoms with Crippen LogP contribution in [0.2, 0.25) is 6.04 Å². The van der Waals surface area contributed by atoms with E-state index in [1.165, 1.54) is 55.3 Å². The molecule has 1 unspecified atom stereocenters. The van der Waals surface area contributed by atoms with Gasteiger partial charge in [-0.2, -0.15) is 0 Å². The molecule has 0 bridgehead atoms. The molecule has 0 saturated carbocycles. The van der Waals surface area contributed by atoms with Crippen molar-refractivity contribution in [2.45, 2.75) is 76.9 Å². The maximum Gasteiger partial charge on any atom is 0.500 e. The Morgan fingerprint density at radius 2 is 1.34 bits per heavy atom. The summed E-state index contributed by atoms with van der Waals surface area (Å²) in [6, 6.07) is 16.0. The lowest BCUT2D eigenvalue weighted by Crippen LogP contribution is -2.42. The Morgan fingerprint density at radius 3 is 2.03 bits per heavy atom. The first kappa shape index (κ1) is 29.2. The molecule has 206 valence electrons. The molecule has 0 fully saturated rings. The summed E-state index contributed by atoms with van der Waals surface area (Å²) in [5.74, 6) is -0.0992. The van der Waals surface area contributed by atoms with Crippen molar-refractivity contribution in [3.8, 4) is 0 Å². The summed E-state index contributed by atoms with van der Waals surface area (Å²) in [5.41, 5.74) is 1.06. The van der Waals surface area contributed by atoms with E-state index in [4.69, 9.17) is 18.0 Å².